The first kappa shape index (κ1) is 14.2. The first-order valence-electron chi connectivity index (χ1n) is 7.72. The molecule has 112 valence electrons. The van der Waals surface area contributed by atoms with Crippen LogP contribution in [0.4, 0.5) is 0 Å². The topological polar surface area (TPSA) is 68.8 Å². The Morgan fingerprint density at radius 1 is 1.33 bits per heavy atom. The van der Waals surface area contributed by atoms with Gasteiger partial charge in [-0.3, -0.25) is 11.3 Å². The Morgan fingerprint density at radius 3 is 2.67 bits per heavy atom. The van der Waals surface area contributed by atoms with Crippen molar-refractivity contribution in [3.63, 3.8) is 0 Å². The second-order valence-corrected chi connectivity index (χ2v) is 5.86. The van der Waals surface area contributed by atoms with Crippen molar-refractivity contribution in [3.05, 3.63) is 47.8 Å². The standard InChI is InChI=1S/C16H23N5/c1-2-11-21-14(12-18-20-21)15(19-17)16(9-6-10-16)13-7-4-3-5-8-13/h3-5,7-8,12,15,19H,2,6,9-11,17H2,1H3. The number of benzene rings is 1. The van der Waals surface area contributed by atoms with E-state index in [1.165, 1.54) is 12.0 Å². The highest BCUT2D eigenvalue weighted by Gasteiger charge is 2.47. The first-order chi connectivity index (χ1) is 10.3. The van der Waals surface area contributed by atoms with Crippen molar-refractivity contribution >= 4 is 0 Å². The van der Waals surface area contributed by atoms with Crippen LogP contribution in [0, 0.1) is 0 Å². The Kier molecular flexibility index (Phi) is 4.03. The second-order valence-electron chi connectivity index (χ2n) is 5.86. The SMILES string of the molecule is CCCn1nncc1C(NN)C1(c2ccccc2)CCC1. The van der Waals surface area contributed by atoms with Crippen LogP contribution in [0.15, 0.2) is 36.5 Å². The minimum atomic E-state index is 0.0511. The van der Waals surface area contributed by atoms with E-state index in [-0.39, 0.29) is 11.5 Å². The van der Waals surface area contributed by atoms with E-state index in [9.17, 15) is 0 Å². The van der Waals surface area contributed by atoms with Crippen molar-refractivity contribution in [1.82, 2.24) is 20.4 Å². The summed E-state index contributed by atoms with van der Waals surface area (Å²) in [6.45, 7) is 3.02. The van der Waals surface area contributed by atoms with Crippen LogP contribution in [0.25, 0.3) is 0 Å². The summed E-state index contributed by atoms with van der Waals surface area (Å²) >= 11 is 0. The Hall–Kier alpha value is -1.72. The number of hydrazine groups is 1. The second kappa shape index (κ2) is 5.95. The van der Waals surface area contributed by atoms with Gasteiger partial charge in [0.2, 0.25) is 0 Å². The molecule has 0 bridgehead atoms. The van der Waals surface area contributed by atoms with E-state index >= 15 is 0 Å². The molecule has 0 amide bonds. The summed E-state index contributed by atoms with van der Waals surface area (Å²) in [5, 5.41) is 8.30. The molecule has 0 radical (unpaired) electrons. The Labute approximate surface area is 125 Å². The predicted octanol–water partition coefficient (Wildman–Crippen LogP) is 2.31. The smallest absolute Gasteiger partial charge is 0.0779 e. The van der Waals surface area contributed by atoms with E-state index in [2.05, 4.69) is 53.0 Å². The van der Waals surface area contributed by atoms with Crippen molar-refractivity contribution in [2.75, 3.05) is 0 Å². The van der Waals surface area contributed by atoms with Crippen molar-refractivity contribution < 1.29 is 0 Å². The fourth-order valence-electron chi connectivity index (χ4n) is 3.47. The summed E-state index contributed by atoms with van der Waals surface area (Å²) < 4.78 is 1.98. The molecule has 0 spiro atoms. The van der Waals surface area contributed by atoms with Gasteiger partial charge in [-0.05, 0) is 24.8 Å². The van der Waals surface area contributed by atoms with E-state index in [0.717, 1.165) is 31.5 Å². The van der Waals surface area contributed by atoms with E-state index < -0.39 is 0 Å². The van der Waals surface area contributed by atoms with E-state index in [1.807, 2.05) is 10.9 Å². The summed E-state index contributed by atoms with van der Waals surface area (Å²) in [6.07, 6.45) is 6.41. The number of nitrogens with zero attached hydrogens (tertiary/aromatic N) is 3. The van der Waals surface area contributed by atoms with Gasteiger partial charge in [-0.25, -0.2) is 4.68 Å². The third-order valence-electron chi connectivity index (χ3n) is 4.69. The molecule has 3 rings (SSSR count). The minimum absolute atomic E-state index is 0.0511. The van der Waals surface area contributed by atoms with Crippen molar-refractivity contribution in [2.24, 2.45) is 5.84 Å². The molecule has 0 aliphatic heterocycles. The lowest BCUT2D eigenvalue weighted by atomic mass is 9.59. The molecule has 1 unspecified atom stereocenters. The zero-order chi connectivity index (χ0) is 14.7. The van der Waals surface area contributed by atoms with Gasteiger partial charge in [-0.15, -0.1) is 5.10 Å². The maximum Gasteiger partial charge on any atom is 0.0779 e. The highest BCUT2D eigenvalue weighted by atomic mass is 15.4. The fourth-order valence-corrected chi connectivity index (χ4v) is 3.47. The molecule has 0 saturated heterocycles. The summed E-state index contributed by atoms with van der Waals surface area (Å²) in [5.41, 5.74) is 5.54. The molecule has 5 nitrogen and oxygen atoms in total. The monoisotopic (exact) mass is 285 g/mol. The predicted molar refractivity (Wildman–Crippen MR) is 82.3 cm³/mol. The van der Waals surface area contributed by atoms with E-state index in [0.29, 0.717) is 0 Å². The third kappa shape index (κ3) is 2.36. The molecule has 2 aromatic rings. The van der Waals surface area contributed by atoms with Gasteiger partial charge in [-0.1, -0.05) is 48.9 Å². The Bertz CT molecular complexity index is 573. The number of aryl methyl sites for hydroxylation is 1. The van der Waals surface area contributed by atoms with Gasteiger partial charge in [0.15, 0.2) is 0 Å². The molecule has 1 aliphatic carbocycles. The number of hydrogen-bond acceptors (Lipinski definition) is 4. The zero-order valence-corrected chi connectivity index (χ0v) is 12.5. The van der Waals surface area contributed by atoms with E-state index in [4.69, 9.17) is 5.84 Å². The van der Waals surface area contributed by atoms with E-state index in [1.54, 1.807) is 0 Å². The average Bonchev–Trinajstić information content (AvgIpc) is 2.92. The number of hydrogen-bond donors (Lipinski definition) is 2. The molecule has 5 heteroatoms. The molecule has 3 N–H and O–H groups in total. The normalized spacial score (nSPS) is 18.2. The zero-order valence-electron chi connectivity index (χ0n) is 12.5. The molecular formula is C16H23N5. The molecule has 1 aliphatic rings. The minimum Gasteiger partial charge on any atom is -0.271 e. The highest BCUT2D eigenvalue weighted by Crippen LogP contribution is 2.51. The lowest BCUT2D eigenvalue weighted by Crippen LogP contribution is -2.49. The number of rotatable bonds is 6. The van der Waals surface area contributed by atoms with Crippen LogP contribution >= 0.6 is 0 Å². The van der Waals surface area contributed by atoms with Crippen molar-refractivity contribution in [2.45, 2.75) is 50.6 Å². The molecule has 1 heterocycles. The molecular weight excluding hydrogens is 262 g/mol. The van der Waals surface area contributed by atoms with Gasteiger partial charge in [0.1, 0.15) is 0 Å². The first-order valence-corrected chi connectivity index (χ1v) is 7.72. The van der Waals surface area contributed by atoms with Crippen LogP contribution < -0.4 is 11.3 Å². The lowest BCUT2D eigenvalue weighted by molar-refractivity contribution is 0.163. The molecule has 1 aromatic heterocycles. The molecule has 1 atom stereocenters. The largest absolute Gasteiger partial charge is 0.271 e. The maximum absolute atomic E-state index is 5.94. The van der Waals surface area contributed by atoms with Crippen LogP contribution in [-0.2, 0) is 12.0 Å². The van der Waals surface area contributed by atoms with Gasteiger partial charge >= 0.3 is 0 Å². The summed E-state index contributed by atoms with van der Waals surface area (Å²) in [5.74, 6) is 5.94. The lowest BCUT2D eigenvalue weighted by Gasteiger charge is -2.48. The number of nitrogens with two attached hydrogens (primary N) is 1. The average molecular weight is 285 g/mol. The molecule has 1 fully saturated rings. The highest BCUT2D eigenvalue weighted by molar-refractivity contribution is 5.33. The summed E-state index contributed by atoms with van der Waals surface area (Å²) in [7, 11) is 0. The molecule has 1 aromatic carbocycles. The van der Waals surface area contributed by atoms with Crippen LogP contribution in [-0.4, -0.2) is 15.0 Å². The number of aromatic nitrogens is 3. The maximum atomic E-state index is 5.94. The van der Waals surface area contributed by atoms with Crippen molar-refractivity contribution in [1.29, 1.82) is 0 Å². The van der Waals surface area contributed by atoms with Crippen LogP contribution in [0.1, 0.15) is 49.9 Å². The van der Waals surface area contributed by atoms with Crippen LogP contribution in [0.2, 0.25) is 0 Å². The fraction of sp³-hybridized carbons (Fsp3) is 0.500. The molecule has 1 saturated carbocycles. The van der Waals surface area contributed by atoms with Crippen molar-refractivity contribution in [3.8, 4) is 0 Å². The van der Waals surface area contributed by atoms with Gasteiger partial charge in [0.25, 0.3) is 0 Å². The number of nitrogens with one attached hydrogen (secondary N) is 1. The third-order valence-corrected chi connectivity index (χ3v) is 4.69. The molecule has 21 heavy (non-hydrogen) atoms. The Balaban J connectivity index is 2.00. The summed E-state index contributed by atoms with van der Waals surface area (Å²) in [6, 6.07) is 10.7. The quantitative estimate of drug-likeness (QED) is 0.631. The van der Waals surface area contributed by atoms with Crippen LogP contribution in [0.5, 0.6) is 0 Å². The Morgan fingerprint density at radius 2 is 2.10 bits per heavy atom. The van der Waals surface area contributed by atoms with Gasteiger partial charge < -0.3 is 0 Å². The van der Waals surface area contributed by atoms with Gasteiger partial charge in [0.05, 0.1) is 17.9 Å². The van der Waals surface area contributed by atoms with Crippen LogP contribution in [0.3, 0.4) is 0 Å². The van der Waals surface area contributed by atoms with Gasteiger partial charge in [0, 0.05) is 12.0 Å². The van der Waals surface area contributed by atoms with Gasteiger partial charge in [-0.2, -0.15) is 0 Å². The summed E-state index contributed by atoms with van der Waals surface area (Å²) in [4.78, 5) is 0.